The number of carbonyl (C=O) groups excluding carboxylic acids is 2. The first kappa shape index (κ1) is 15.7. The van der Waals surface area contributed by atoms with Gasteiger partial charge in [-0.2, -0.15) is 0 Å². The summed E-state index contributed by atoms with van der Waals surface area (Å²) < 4.78 is 0. The van der Waals surface area contributed by atoms with E-state index in [2.05, 4.69) is 10.2 Å². The summed E-state index contributed by atoms with van der Waals surface area (Å²) >= 11 is 0. The molecule has 1 aliphatic heterocycles. The number of hydrogen-bond acceptors (Lipinski definition) is 2. The molecule has 1 saturated heterocycles. The second kappa shape index (κ2) is 5.91. The molecule has 24 heavy (non-hydrogen) atoms. The summed E-state index contributed by atoms with van der Waals surface area (Å²) in [5.41, 5.74) is 1.54. The van der Waals surface area contributed by atoms with Crippen molar-refractivity contribution < 1.29 is 9.59 Å². The number of likely N-dealkylation sites (tertiary alicyclic amines) is 1. The number of nitrogens with zero attached hydrogens (tertiary/aromatic N) is 1. The molecule has 2 amide bonds. The third kappa shape index (κ3) is 2.72. The lowest BCUT2D eigenvalue weighted by Gasteiger charge is -2.33. The van der Waals surface area contributed by atoms with Gasteiger partial charge in [-0.25, -0.2) is 0 Å². The van der Waals surface area contributed by atoms with Crippen LogP contribution in [0.3, 0.4) is 0 Å². The molecule has 0 aromatic heterocycles. The Balaban J connectivity index is 1.50. The van der Waals surface area contributed by atoms with E-state index in [0.29, 0.717) is 18.2 Å². The first-order chi connectivity index (χ1) is 11.6. The van der Waals surface area contributed by atoms with E-state index in [1.54, 1.807) is 0 Å². The van der Waals surface area contributed by atoms with Crippen LogP contribution in [0.2, 0.25) is 0 Å². The molecule has 128 valence electrons. The summed E-state index contributed by atoms with van der Waals surface area (Å²) in [6.07, 6.45) is 7.11. The Morgan fingerprint density at radius 3 is 2.75 bits per heavy atom. The number of fused-ring (bicyclic) bond motifs is 1. The van der Waals surface area contributed by atoms with Crippen LogP contribution in [0.15, 0.2) is 24.3 Å². The van der Waals surface area contributed by atoms with Crippen LogP contribution >= 0.6 is 0 Å². The van der Waals surface area contributed by atoms with E-state index >= 15 is 0 Å². The zero-order valence-corrected chi connectivity index (χ0v) is 14.4. The summed E-state index contributed by atoms with van der Waals surface area (Å²) in [7, 11) is 0. The third-order valence-corrected chi connectivity index (χ3v) is 6.15. The van der Waals surface area contributed by atoms with Gasteiger partial charge >= 0.3 is 0 Å². The Bertz CT molecular complexity index is 667. The Kier molecular flexibility index (Phi) is 3.86. The van der Waals surface area contributed by atoms with E-state index in [-0.39, 0.29) is 17.5 Å². The SMILES string of the molecule is Cc1ccccc1C(=O)NC12CCCC1N(C(=O)CC1CC1)CC2. The smallest absolute Gasteiger partial charge is 0.252 e. The quantitative estimate of drug-likeness (QED) is 0.924. The number of carbonyl (C=O) groups is 2. The van der Waals surface area contributed by atoms with Crippen molar-refractivity contribution in [3.63, 3.8) is 0 Å². The molecule has 1 heterocycles. The topological polar surface area (TPSA) is 49.4 Å². The van der Waals surface area contributed by atoms with Gasteiger partial charge in [0.2, 0.25) is 5.91 Å². The maximum absolute atomic E-state index is 12.8. The van der Waals surface area contributed by atoms with Crippen molar-refractivity contribution in [3.05, 3.63) is 35.4 Å². The van der Waals surface area contributed by atoms with Gasteiger partial charge < -0.3 is 10.2 Å². The van der Waals surface area contributed by atoms with Crippen LogP contribution in [0.25, 0.3) is 0 Å². The molecule has 1 aromatic carbocycles. The van der Waals surface area contributed by atoms with Gasteiger partial charge in [0.25, 0.3) is 5.91 Å². The van der Waals surface area contributed by atoms with Gasteiger partial charge in [-0.15, -0.1) is 0 Å². The fourth-order valence-electron chi connectivity index (χ4n) is 4.59. The normalized spacial score (nSPS) is 28.7. The van der Waals surface area contributed by atoms with Crippen LogP contribution < -0.4 is 5.32 Å². The van der Waals surface area contributed by atoms with Crippen molar-refractivity contribution in [2.45, 2.75) is 63.5 Å². The number of nitrogens with one attached hydrogen (secondary N) is 1. The molecule has 0 spiro atoms. The van der Waals surface area contributed by atoms with Crippen molar-refractivity contribution in [1.82, 2.24) is 10.2 Å². The summed E-state index contributed by atoms with van der Waals surface area (Å²) in [5.74, 6) is 0.934. The maximum atomic E-state index is 12.8. The molecule has 1 aromatic rings. The highest BCUT2D eigenvalue weighted by Gasteiger charge is 2.52. The number of amides is 2. The number of hydrogen-bond donors (Lipinski definition) is 1. The minimum atomic E-state index is -0.210. The van der Waals surface area contributed by atoms with Crippen LogP contribution in [0.5, 0.6) is 0 Å². The Labute approximate surface area is 143 Å². The van der Waals surface area contributed by atoms with Crippen molar-refractivity contribution in [3.8, 4) is 0 Å². The maximum Gasteiger partial charge on any atom is 0.252 e. The molecule has 4 rings (SSSR count). The number of aryl methyl sites for hydroxylation is 1. The average molecular weight is 326 g/mol. The second-order valence-electron chi connectivity index (χ2n) is 7.82. The third-order valence-electron chi connectivity index (χ3n) is 6.15. The van der Waals surface area contributed by atoms with Gasteiger partial charge in [-0.05, 0) is 63.0 Å². The summed E-state index contributed by atoms with van der Waals surface area (Å²) in [4.78, 5) is 27.5. The Hall–Kier alpha value is -1.84. The molecule has 4 heteroatoms. The molecule has 1 N–H and O–H groups in total. The van der Waals surface area contributed by atoms with E-state index < -0.39 is 0 Å². The standard InChI is InChI=1S/C20H26N2O2/c1-14-5-2-3-6-16(14)19(24)21-20-10-4-7-17(20)22(12-11-20)18(23)13-15-8-9-15/h2-3,5-6,15,17H,4,7-13H2,1H3,(H,21,24). The Morgan fingerprint density at radius 1 is 1.21 bits per heavy atom. The van der Waals surface area contributed by atoms with Crippen molar-refractivity contribution >= 4 is 11.8 Å². The fourth-order valence-corrected chi connectivity index (χ4v) is 4.59. The number of rotatable bonds is 4. The zero-order chi connectivity index (χ0) is 16.7. The molecule has 3 aliphatic rings. The lowest BCUT2D eigenvalue weighted by atomic mass is 9.92. The molecular formula is C20H26N2O2. The molecular weight excluding hydrogens is 300 g/mol. The molecule has 2 saturated carbocycles. The molecule has 0 radical (unpaired) electrons. The summed E-state index contributed by atoms with van der Waals surface area (Å²) in [5, 5.41) is 3.33. The van der Waals surface area contributed by atoms with Gasteiger partial charge in [-0.3, -0.25) is 9.59 Å². The van der Waals surface area contributed by atoms with E-state index in [1.165, 1.54) is 12.8 Å². The first-order valence-electron chi connectivity index (χ1n) is 9.27. The highest BCUT2D eigenvalue weighted by molar-refractivity contribution is 5.96. The van der Waals surface area contributed by atoms with Crippen molar-refractivity contribution in [2.75, 3.05) is 6.54 Å². The monoisotopic (exact) mass is 326 g/mol. The van der Waals surface area contributed by atoms with E-state index in [4.69, 9.17) is 0 Å². The summed E-state index contributed by atoms with van der Waals surface area (Å²) in [6, 6.07) is 7.91. The highest BCUT2D eigenvalue weighted by atomic mass is 16.2. The average Bonchev–Trinajstić information content (AvgIpc) is 3.16. The van der Waals surface area contributed by atoms with Gasteiger partial charge in [0, 0.05) is 18.5 Å². The van der Waals surface area contributed by atoms with Gasteiger partial charge in [-0.1, -0.05) is 18.2 Å². The predicted molar refractivity (Wildman–Crippen MR) is 92.7 cm³/mol. The number of benzene rings is 1. The van der Waals surface area contributed by atoms with Gasteiger partial charge in [0.05, 0.1) is 11.6 Å². The van der Waals surface area contributed by atoms with Crippen LogP contribution in [0.1, 0.15) is 60.9 Å². The minimum Gasteiger partial charge on any atom is -0.344 e. The van der Waals surface area contributed by atoms with Gasteiger partial charge in [0.15, 0.2) is 0 Å². The highest BCUT2D eigenvalue weighted by Crippen LogP contribution is 2.43. The van der Waals surface area contributed by atoms with Crippen LogP contribution in [-0.2, 0) is 4.79 Å². The second-order valence-corrected chi connectivity index (χ2v) is 7.82. The Morgan fingerprint density at radius 2 is 2.00 bits per heavy atom. The van der Waals surface area contributed by atoms with Crippen LogP contribution in [0.4, 0.5) is 0 Å². The van der Waals surface area contributed by atoms with Crippen LogP contribution in [0, 0.1) is 12.8 Å². The first-order valence-corrected chi connectivity index (χ1v) is 9.27. The minimum absolute atomic E-state index is 0.0106. The van der Waals surface area contributed by atoms with E-state index in [1.807, 2.05) is 31.2 Å². The molecule has 4 nitrogen and oxygen atoms in total. The summed E-state index contributed by atoms with van der Waals surface area (Å²) in [6.45, 7) is 2.77. The molecule has 0 bridgehead atoms. The van der Waals surface area contributed by atoms with E-state index in [0.717, 1.165) is 43.4 Å². The molecule has 2 unspecified atom stereocenters. The molecule has 2 aliphatic carbocycles. The molecule has 2 atom stereocenters. The lowest BCUT2D eigenvalue weighted by Crippen LogP contribution is -2.54. The van der Waals surface area contributed by atoms with Gasteiger partial charge in [0.1, 0.15) is 0 Å². The molecule has 3 fully saturated rings. The van der Waals surface area contributed by atoms with Crippen molar-refractivity contribution in [2.24, 2.45) is 5.92 Å². The fraction of sp³-hybridized carbons (Fsp3) is 0.600. The zero-order valence-electron chi connectivity index (χ0n) is 14.4. The van der Waals surface area contributed by atoms with Crippen molar-refractivity contribution in [1.29, 1.82) is 0 Å². The lowest BCUT2D eigenvalue weighted by molar-refractivity contribution is -0.132. The largest absolute Gasteiger partial charge is 0.344 e. The van der Waals surface area contributed by atoms with E-state index in [9.17, 15) is 9.59 Å². The predicted octanol–water partition coefficient (Wildman–Crippen LogP) is 3.05. The van der Waals surface area contributed by atoms with Crippen LogP contribution in [-0.4, -0.2) is 34.8 Å².